The van der Waals surface area contributed by atoms with Crippen LogP contribution in [0.2, 0.25) is 0 Å². The maximum Gasteiger partial charge on any atom is 0.326 e. The number of carbonyl (C=O) groups is 7. The van der Waals surface area contributed by atoms with E-state index in [1.165, 1.54) is 18.7 Å². The van der Waals surface area contributed by atoms with Gasteiger partial charge >= 0.3 is 5.97 Å². The Balaban J connectivity index is 2.83. The molecule has 0 saturated carbocycles. The first-order valence-corrected chi connectivity index (χ1v) is 16.8. The lowest BCUT2D eigenvalue weighted by Crippen LogP contribution is -2.59. The molecule has 0 aromatic rings. The van der Waals surface area contributed by atoms with Gasteiger partial charge in [0.05, 0.1) is 12.6 Å². The van der Waals surface area contributed by atoms with Crippen LogP contribution in [-0.2, 0) is 33.6 Å². The van der Waals surface area contributed by atoms with Gasteiger partial charge in [-0.1, -0.05) is 27.7 Å². The van der Waals surface area contributed by atoms with Gasteiger partial charge in [0.2, 0.25) is 35.4 Å². The molecule has 7 atom stereocenters. The number of carboxylic acids is 1. The number of guanidine groups is 1. The molecule has 0 aromatic heterocycles. The fourth-order valence-electron chi connectivity index (χ4n) is 5.16. The number of nitrogens with zero attached hydrogens (tertiary/aromatic N) is 2. The average molecular weight is 713 g/mol. The Kier molecular flexibility index (Phi) is 18.2. The molecule has 19 nitrogen and oxygen atoms in total. The van der Waals surface area contributed by atoms with E-state index in [1.54, 1.807) is 13.8 Å². The van der Waals surface area contributed by atoms with Crippen LogP contribution in [0.1, 0.15) is 73.6 Å². The van der Waals surface area contributed by atoms with Crippen molar-refractivity contribution >= 4 is 47.4 Å². The van der Waals surface area contributed by atoms with Crippen LogP contribution in [0.15, 0.2) is 4.99 Å². The van der Waals surface area contributed by atoms with E-state index < -0.39 is 96.2 Å². The third-order valence-corrected chi connectivity index (χ3v) is 7.98. The number of aliphatic imine (C=N–C) groups is 1. The van der Waals surface area contributed by atoms with Crippen molar-refractivity contribution in [3.8, 4) is 0 Å². The summed E-state index contributed by atoms with van der Waals surface area (Å²) in [4.78, 5) is 94.4. The third-order valence-electron chi connectivity index (χ3n) is 7.98. The Hall–Kier alpha value is -4.52. The van der Waals surface area contributed by atoms with Gasteiger partial charge < -0.3 is 58.9 Å². The number of carbonyl (C=O) groups excluding carboxylic acids is 6. The second kappa shape index (κ2) is 20.9. The van der Waals surface area contributed by atoms with Crippen LogP contribution < -0.4 is 43.8 Å². The maximum atomic E-state index is 13.4. The molecule has 0 aromatic carbocycles. The van der Waals surface area contributed by atoms with Crippen molar-refractivity contribution in [2.75, 3.05) is 19.6 Å². The molecule has 1 heterocycles. The van der Waals surface area contributed by atoms with E-state index in [1.807, 2.05) is 13.8 Å². The van der Waals surface area contributed by atoms with Crippen molar-refractivity contribution in [2.24, 2.45) is 34.0 Å². The summed E-state index contributed by atoms with van der Waals surface area (Å²) in [5.74, 6) is -5.92. The fraction of sp³-hybridized carbons (Fsp3) is 0.742. The van der Waals surface area contributed by atoms with Crippen molar-refractivity contribution in [1.29, 1.82) is 0 Å². The van der Waals surface area contributed by atoms with Crippen molar-refractivity contribution < 1.29 is 43.8 Å². The minimum absolute atomic E-state index is 0.0350. The second-order valence-corrected chi connectivity index (χ2v) is 13.2. The molecular formula is C31H56N10O9. The molecule has 1 fully saturated rings. The number of hydrogen-bond donors (Lipinski definition) is 10. The summed E-state index contributed by atoms with van der Waals surface area (Å²) in [5.41, 5.74) is 16.3. The van der Waals surface area contributed by atoms with Crippen LogP contribution in [0.5, 0.6) is 0 Å². The SMILES string of the molecule is CC(C)C[C@H](NC(=O)[C@H](C)NC(=O)CNC(=O)[C@@H]1CCCN1C(=O)[C@@H](N)[C@@H](C)O)C(=O)N[C@H](C(=O)N[C@@H](CCCN=C(N)N)C(=O)O)C(C)C. The van der Waals surface area contributed by atoms with E-state index in [0.29, 0.717) is 12.8 Å². The first-order valence-electron chi connectivity index (χ1n) is 16.8. The van der Waals surface area contributed by atoms with Gasteiger partial charge in [-0.15, -0.1) is 0 Å². The van der Waals surface area contributed by atoms with Crippen LogP contribution in [0, 0.1) is 11.8 Å². The van der Waals surface area contributed by atoms with Crippen molar-refractivity contribution in [3.63, 3.8) is 0 Å². The van der Waals surface area contributed by atoms with E-state index in [4.69, 9.17) is 17.2 Å². The van der Waals surface area contributed by atoms with Gasteiger partial charge in [-0.05, 0) is 57.8 Å². The molecule has 0 bridgehead atoms. The monoisotopic (exact) mass is 712 g/mol. The summed E-state index contributed by atoms with van der Waals surface area (Å²) >= 11 is 0. The Bertz CT molecular complexity index is 1240. The molecule has 1 saturated heterocycles. The number of hydrogen-bond acceptors (Lipinski definition) is 10. The molecule has 0 radical (unpaired) electrons. The Morgan fingerprint density at radius 1 is 0.880 bits per heavy atom. The van der Waals surface area contributed by atoms with Gasteiger partial charge in [0.1, 0.15) is 36.3 Å². The number of aliphatic hydroxyl groups is 1. The minimum atomic E-state index is -1.27. The van der Waals surface area contributed by atoms with E-state index in [9.17, 15) is 43.8 Å². The number of aliphatic carboxylic acids is 1. The molecule has 19 heteroatoms. The van der Waals surface area contributed by atoms with Gasteiger partial charge in [0, 0.05) is 13.1 Å². The number of carboxylic acid groups (broad SMARTS) is 1. The molecule has 0 aliphatic carbocycles. The molecule has 284 valence electrons. The summed E-state index contributed by atoms with van der Waals surface area (Å²) in [6.45, 7) is 9.68. The molecule has 0 unspecified atom stereocenters. The third kappa shape index (κ3) is 14.5. The first kappa shape index (κ1) is 43.5. The van der Waals surface area contributed by atoms with Crippen LogP contribution in [0.3, 0.4) is 0 Å². The van der Waals surface area contributed by atoms with Crippen LogP contribution >= 0.6 is 0 Å². The van der Waals surface area contributed by atoms with Crippen LogP contribution in [0.4, 0.5) is 0 Å². The topological polar surface area (TPSA) is 314 Å². The highest BCUT2D eigenvalue weighted by molar-refractivity contribution is 5.96. The highest BCUT2D eigenvalue weighted by Gasteiger charge is 2.37. The highest BCUT2D eigenvalue weighted by atomic mass is 16.4. The Morgan fingerprint density at radius 2 is 1.50 bits per heavy atom. The smallest absolute Gasteiger partial charge is 0.326 e. The zero-order valence-electron chi connectivity index (χ0n) is 29.7. The zero-order valence-corrected chi connectivity index (χ0v) is 29.7. The summed E-state index contributed by atoms with van der Waals surface area (Å²) in [7, 11) is 0. The molecule has 50 heavy (non-hydrogen) atoms. The number of rotatable bonds is 20. The van der Waals surface area contributed by atoms with E-state index in [2.05, 4.69) is 31.6 Å². The predicted molar refractivity (Wildman–Crippen MR) is 183 cm³/mol. The summed E-state index contributed by atoms with van der Waals surface area (Å²) < 4.78 is 0. The zero-order chi connectivity index (χ0) is 38.3. The lowest BCUT2D eigenvalue weighted by atomic mass is 9.99. The highest BCUT2D eigenvalue weighted by Crippen LogP contribution is 2.19. The van der Waals surface area contributed by atoms with Gasteiger partial charge in [0.25, 0.3) is 0 Å². The van der Waals surface area contributed by atoms with Gasteiger partial charge in [0.15, 0.2) is 5.96 Å². The number of aliphatic hydroxyl groups excluding tert-OH is 1. The quantitative estimate of drug-likeness (QED) is 0.0336. The molecule has 0 spiro atoms. The normalized spacial score (nSPS) is 17.8. The molecule has 13 N–H and O–H groups in total. The summed E-state index contributed by atoms with van der Waals surface area (Å²) in [5, 5.41) is 31.8. The summed E-state index contributed by atoms with van der Waals surface area (Å²) in [6, 6.07) is -6.69. The first-order chi connectivity index (χ1) is 23.3. The number of nitrogens with two attached hydrogens (primary N) is 3. The minimum Gasteiger partial charge on any atom is -0.480 e. The molecule has 1 aliphatic rings. The summed E-state index contributed by atoms with van der Waals surface area (Å²) in [6.07, 6.45) is 0.273. The van der Waals surface area contributed by atoms with Gasteiger partial charge in [-0.2, -0.15) is 0 Å². The largest absolute Gasteiger partial charge is 0.480 e. The van der Waals surface area contributed by atoms with E-state index >= 15 is 0 Å². The van der Waals surface area contributed by atoms with E-state index in [-0.39, 0.29) is 44.2 Å². The van der Waals surface area contributed by atoms with Crippen molar-refractivity contribution in [1.82, 2.24) is 31.5 Å². The van der Waals surface area contributed by atoms with Crippen molar-refractivity contribution in [2.45, 2.75) is 116 Å². The Morgan fingerprint density at radius 3 is 2.04 bits per heavy atom. The number of nitrogens with one attached hydrogen (secondary N) is 5. The Labute approximate surface area is 292 Å². The van der Waals surface area contributed by atoms with E-state index in [0.717, 1.165) is 0 Å². The molecule has 6 amide bonds. The lowest BCUT2D eigenvalue weighted by molar-refractivity contribution is -0.143. The number of amides is 6. The van der Waals surface area contributed by atoms with Gasteiger partial charge in [-0.3, -0.25) is 33.8 Å². The lowest BCUT2D eigenvalue weighted by Gasteiger charge is -2.28. The maximum absolute atomic E-state index is 13.4. The molecule has 1 aliphatic heterocycles. The molecular weight excluding hydrogens is 656 g/mol. The second-order valence-electron chi connectivity index (χ2n) is 13.2. The van der Waals surface area contributed by atoms with Crippen molar-refractivity contribution in [3.05, 3.63) is 0 Å². The fourth-order valence-corrected chi connectivity index (χ4v) is 5.16. The standard InChI is InChI=1S/C31H56N10O9/c1-15(2)13-20(26(45)40-24(16(3)4)28(47)38-19(30(49)50)9-7-11-35-31(33)34)39-25(44)17(5)37-22(43)14-36-27(46)21-10-8-12-41(21)29(48)23(32)18(6)42/h15-21,23-24,42H,7-14,32H2,1-6H3,(H,36,46)(H,37,43)(H,38,47)(H,39,44)(H,40,45)(H,49,50)(H4,33,34,35)/t17-,18+,19-,20-,21-,23-,24-/m0/s1. The predicted octanol–water partition coefficient (Wildman–Crippen LogP) is -3.40. The van der Waals surface area contributed by atoms with Crippen LogP contribution in [-0.4, -0.2) is 124 Å². The van der Waals surface area contributed by atoms with Crippen LogP contribution in [0.25, 0.3) is 0 Å². The molecule has 1 rings (SSSR count). The number of likely N-dealkylation sites (tertiary alicyclic amines) is 1. The van der Waals surface area contributed by atoms with Gasteiger partial charge in [-0.25, -0.2) is 4.79 Å². The average Bonchev–Trinajstić information content (AvgIpc) is 3.52.